The van der Waals surface area contributed by atoms with Crippen molar-refractivity contribution in [3.05, 3.63) is 47.3 Å². The molecular weight excluding hydrogens is 273 g/mol. The monoisotopic (exact) mass is 280 g/mol. The second-order valence-electron chi connectivity index (χ2n) is 3.88. The number of amides is 1. The Kier molecular flexibility index (Phi) is 3.19. The van der Waals surface area contributed by atoms with Gasteiger partial charge in [0.25, 0.3) is 5.91 Å². The third kappa shape index (κ3) is 2.47. The summed E-state index contributed by atoms with van der Waals surface area (Å²) in [6, 6.07) is 4.48. The zero-order chi connectivity index (χ0) is 14.9. The number of nitriles is 1. The molecule has 0 saturated carbocycles. The van der Waals surface area contributed by atoms with Crippen molar-refractivity contribution in [3.8, 4) is 11.8 Å². The van der Waals surface area contributed by atoms with Crippen LogP contribution in [0.2, 0.25) is 0 Å². The van der Waals surface area contributed by atoms with Crippen molar-refractivity contribution in [3.63, 3.8) is 0 Å². The Morgan fingerprint density at radius 3 is 2.60 bits per heavy atom. The van der Waals surface area contributed by atoms with E-state index in [0.717, 1.165) is 18.2 Å². The number of hydrogen-bond acceptors (Lipinski definition) is 3. The number of carbonyl (C=O) groups excluding carboxylic acids is 1. The zero-order valence-electron chi connectivity index (χ0n) is 9.85. The normalized spacial score (nSPS) is 11.1. The van der Waals surface area contributed by atoms with E-state index >= 15 is 0 Å². The average molecular weight is 280 g/mol. The standard InChI is InChI=1S/C12H7F3N4O/c13-12(14,15)10-2-1-9(3-7(10)4-16)19-6-8(5-18-19)11(17)20/h1-3,5-6H,(H2,17,20). The van der Waals surface area contributed by atoms with Gasteiger partial charge >= 0.3 is 6.18 Å². The number of primary amides is 1. The molecule has 0 radical (unpaired) electrons. The van der Waals surface area contributed by atoms with Crippen molar-refractivity contribution in [1.82, 2.24) is 9.78 Å². The van der Waals surface area contributed by atoms with Crippen molar-refractivity contribution in [1.29, 1.82) is 5.26 Å². The molecule has 2 rings (SSSR count). The molecule has 0 aliphatic carbocycles. The first-order valence-electron chi connectivity index (χ1n) is 5.29. The number of benzene rings is 1. The Hall–Kier alpha value is -2.82. The number of nitrogens with two attached hydrogens (primary N) is 1. The summed E-state index contributed by atoms with van der Waals surface area (Å²) in [6.07, 6.45) is -2.15. The van der Waals surface area contributed by atoms with Gasteiger partial charge in [-0.05, 0) is 18.2 Å². The van der Waals surface area contributed by atoms with Crippen molar-refractivity contribution in [2.45, 2.75) is 6.18 Å². The smallest absolute Gasteiger partial charge is 0.366 e. The predicted octanol–water partition coefficient (Wildman–Crippen LogP) is 1.86. The molecule has 0 atom stereocenters. The van der Waals surface area contributed by atoms with Gasteiger partial charge < -0.3 is 5.73 Å². The number of nitrogens with zero attached hydrogens (tertiary/aromatic N) is 3. The second-order valence-corrected chi connectivity index (χ2v) is 3.88. The molecule has 5 nitrogen and oxygen atoms in total. The maximum Gasteiger partial charge on any atom is 0.417 e. The maximum absolute atomic E-state index is 12.6. The molecule has 1 aromatic heterocycles. The van der Waals surface area contributed by atoms with E-state index in [4.69, 9.17) is 11.0 Å². The van der Waals surface area contributed by atoms with Crippen molar-refractivity contribution in [2.24, 2.45) is 5.73 Å². The molecule has 1 amide bonds. The van der Waals surface area contributed by atoms with E-state index < -0.39 is 23.2 Å². The topological polar surface area (TPSA) is 84.7 Å². The molecule has 20 heavy (non-hydrogen) atoms. The minimum absolute atomic E-state index is 0.114. The lowest BCUT2D eigenvalue weighted by atomic mass is 10.1. The van der Waals surface area contributed by atoms with Crippen LogP contribution in [-0.2, 0) is 6.18 Å². The van der Waals surface area contributed by atoms with Crippen molar-refractivity contribution < 1.29 is 18.0 Å². The molecule has 0 unspecified atom stereocenters. The van der Waals surface area contributed by atoms with Crippen LogP contribution in [0.4, 0.5) is 13.2 Å². The van der Waals surface area contributed by atoms with Crippen molar-refractivity contribution >= 4 is 5.91 Å². The minimum atomic E-state index is -4.61. The van der Waals surface area contributed by atoms with Crippen LogP contribution in [-0.4, -0.2) is 15.7 Å². The van der Waals surface area contributed by atoms with Gasteiger partial charge in [0.1, 0.15) is 0 Å². The summed E-state index contributed by atoms with van der Waals surface area (Å²) in [5.41, 5.74) is 3.84. The lowest BCUT2D eigenvalue weighted by Gasteiger charge is -2.10. The fourth-order valence-electron chi connectivity index (χ4n) is 1.61. The Morgan fingerprint density at radius 1 is 1.40 bits per heavy atom. The fourth-order valence-corrected chi connectivity index (χ4v) is 1.61. The summed E-state index contributed by atoms with van der Waals surface area (Å²) in [5.74, 6) is -0.705. The number of carbonyl (C=O) groups is 1. The van der Waals surface area contributed by atoms with Gasteiger partial charge in [0, 0.05) is 6.20 Å². The van der Waals surface area contributed by atoms with Crippen LogP contribution < -0.4 is 5.73 Å². The lowest BCUT2D eigenvalue weighted by molar-refractivity contribution is -0.137. The highest BCUT2D eigenvalue weighted by Crippen LogP contribution is 2.32. The molecule has 8 heteroatoms. The van der Waals surface area contributed by atoms with Gasteiger partial charge in [0.05, 0.1) is 34.6 Å². The fraction of sp³-hybridized carbons (Fsp3) is 0.0833. The summed E-state index contributed by atoms with van der Waals surface area (Å²) in [4.78, 5) is 10.9. The molecule has 0 fully saturated rings. The summed E-state index contributed by atoms with van der Waals surface area (Å²) in [7, 11) is 0. The molecule has 2 aromatic rings. The van der Waals surface area contributed by atoms with Crippen LogP contribution in [0.25, 0.3) is 5.69 Å². The molecule has 102 valence electrons. The Bertz CT molecular complexity index is 712. The number of hydrogen-bond donors (Lipinski definition) is 1. The summed E-state index contributed by atoms with van der Waals surface area (Å²) in [5, 5.41) is 12.6. The van der Waals surface area contributed by atoms with Crippen LogP contribution in [0.15, 0.2) is 30.6 Å². The quantitative estimate of drug-likeness (QED) is 0.911. The zero-order valence-corrected chi connectivity index (χ0v) is 9.85. The molecule has 2 N–H and O–H groups in total. The molecule has 0 aliphatic rings. The van der Waals surface area contributed by atoms with E-state index in [-0.39, 0.29) is 11.3 Å². The maximum atomic E-state index is 12.6. The van der Waals surface area contributed by atoms with Crippen molar-refractivity contribution in [2.75, 3.05) is 0 Å². The van der Waals surface area contributed by atoms with Gasteiger partial charge in [-0.2, -0.15) is 23.5 Å². The van der Waals surface area contributed by atoms with E-state index in [1.54, 1.807) is 0 Å². The van der Waals surface area contributed by atoms with E-state index in [1.807, 2.05) is 0 Å². The number of alkyl halides is 3. The summed E-state index contributed by atoms with van der Waals surface area (Å²) >= 11 is 0. The molecular formula is C12H7F3N4O. The lowest BCUT2D eigenvalue weighted by Crippen LogP contribution is -2.10. The van der Waals surface area contributed by atoms with Crippen LogP contribution in [0.5, 0.6) is 0 Å². The second kappa shape index (κ2) is 4.70. The van der Waals surface area contributed by atoms with E-state index in [0.29, 0.717) is 0 Å². The largest absolute Gasteiger partial charge is 0.417 e. The summed E-state index contributed by atoms with van der Waals surface area (Å²) < 4.78 is 39.1. The molecule has 1 heterocycles. The van der Waals surface area contributed by atoms with Gasteiger partial charge in [-0.1, -0.05) is 0 Å². The highest BCUT2D eigenvalue weighted by molar-refractivity contribution is 5.92. The van der Waals surface area contributed by atoms with E-state index in [2.05, 4.69) is 5.10 Å². The van der Waals surface area contributed by atoms with Gasteiger partial charge in [0.2, 0.25) is 0 Å². The highest BCUT2D eigenvalue weighted by Gasteiger charge is 2.33. The average Bonchev–Trinajstić information content (AvgIpc) is 2.86. The van der Waals surface area contributed by atoms with E-state index in [1.165, 1.54) is 23.1 Å². The Balaban J connectivity index is 2.49. The Morgan fingerprint density at radius 2 is 2.10 bits per heavy atom. The molecule has 1 aromatic carbocycles. The number of aromatic nitrogens is 2. The first-order chi connectivity index (χ1) is 9.32. The van der Waals surface area contributed by atoms with Gasteiger partial charge in [0.15, 0.2) is 0 Å². The van der Waals surface area contributed by atoms with Crippen LogP contribution in [0, 0.1) is 11.3 Å². The van der Waals surface area contributed by atoms with Crippen LogP contribution >= 0.6 is 0 Å². The summed E-state index contributed by atoms with van der Waals surface area (Å²) in [6.45, 7) is 0. The third-order valence-corrected chi connectivity index (χ3v) is 2.56. The molecule has 0 saturated heterocycles. The minimum Gasteiger partial charge on any atom is -0.366 e. The van der Waals surface area contributed by atoms with Crippen LogP contribution in [0.1, 0.15) is 21.5 Å². The SMILES string of the molecule is N#Cc1cc(-n2cc(C(N)=O)cn2)ccc1C(F)(F)F. The number of rotatable bonds is 2. The highest BCUT2D eigenvalue weighted by atomic mass is 19.4. The molecule has 0 spiro atoms. The first kappa shape index (κ1) is 13.6. The number of halogens is 3. The van der Waals surface area contributed by atoms with E-state index in [9.17, 15) is 18.0 Å². The van der Waals surface area contributed by atoms with Gasteiger partial charge in [-0.15, -0.1) is 0 Å². The van der Waals surface area contributed by atoms with Gasteiger partial charge in [-0.25, -0.2) is 4.68 Å². The molecule has 0 aliphatic heterocycles. The van der Waals surface area contributed by atoms with Gasteiger partial charge in [-0.3, -0.25) is 4.79 Å². The third-order valence-electron chi connectivity index (χ3n) is 2.56. The van der Waals surface area contributed by atoms with Crippen LogP contribution in [0.3, 0.4) is 0 Å². The predicted molar refractivity (Wildman–Crippen MR) is 61.8 cm³/mol. The first-order valence-corrected chi connectivity index (χ1v) is 5.29. The molecule has 0 bridgehead atoms. The Labute approximate surface area is 111 Å².